The molecule has 8 heteroatoms. The molecule has 1 fully saturated rings. The van der Waals surface area contributed by atoms with E-state index >= 15 is 0 Å². The molecular weight excluding hydrogens is 356 g/mol. The average Bonchev–Trinajstić information content (AvgIpc) is 2.63. The number of pyridine rings is 1. The van der Waals surface area contributed by atoms with Crippen molar-refractivity contribution in [1.82, 2.24) is 9.88 Å². The Bertz CT molecular complexity index is 870. The molecule has 0 aliphatic carbocycles. The van der Waals surface area contributed by atoms with Gasteiger partial charge in [-0.25, -0.2) is 18.2 Å². The van der Waals surface area contributed by atoms with Crippen LogP contribution in [0.2, 0.25) is 0 Å². The molecule has 1 aliphatic rings. The van der Waals surface area contributed by atoms with Crippen molar-refractivity contribution >= 4 is 15.8 Å². The Labute approximate surface area is 152 Å². The number of hydrogen-bond donors (Lipinski definition) is 1. The predicted octanol–water partition coefficient (Wildman–Crippen LogP) is 1.56. The minimum absolute atomic E-state index is 0.0783. The fraction of sp³-hybridized carbons (Fsp3) is 0.333. The number of rotatable bonds is 6. The van der Waals surface area contributed by atoms with Crippen molar-refractivity contribution in [2.45, 2.75) is 0 Å². The van der Waals surface area contributed by atoms with Crippen molar-refractivity contribution in [3.63, 3.8) is 0 Å². The summed E-state index contributed by atoms with van der Waals surface area (Å²) in [5.41, 5.74) is 1.26. The summed E-state index contributed by atoms with van der Waals surface area (Å²) in [6.45, 7) is 1.92. The Hall–Kier alpha value is -2.45. The third-order valence-corrected chi connectivity index (χ3v) is 5.81. The second kappa shape index (κ2) is 7.84. The SMILES string of the molecule is O=C(O)c1cc(OCCN2CCS(=O)(=O)CC2)cc(-c2ccccc2)n1. The summed E-state index contributed by atoms with van der Waals surface area (Å²) in [5.74, 6) is -0.345. The van der Waals surface area contributed by atoms with Gasteiger partial charge in [0.05, 0.1) is 17.2 Å². The number of carboxylic acid groups (broad SMARTS) is 1. The molecular formula is C18H20N2O5S. The molecule has 1 aromatic heterocycles. The number of benzene rings is 1. The molecule has 2 heterocycles. The van der Waals surface area contributed by atoms with E-state index in [1.165, 1.54) is 6.07 Å². The fourth-order valence-corrected chi connectivity index (χ4v) is 4.00. The van der Waals surface area contributed by atoms with Crippen LogP contribution in [-0.4, -0.2) is 67.1 Å². The molecule has 1 saturated heterocycles. The summed E-state index contributed by atoms with van der Waals surface area (Å²) in [4.78, 5) is 17.5. The Kier molecular flexibility index (Phi) is 5.53. The maximum atomic E-state index is 11.4. The van der Waals surface area contributed by atoms with Crippen LogP contribution in [0.1, 0.15) is 10.5 Å². The van der Waals surface area contributed by atoms with Gasteiger partial charge >= 0.3 is 5.97 Å². The number of sulfone groups is 1. The topological polar surface area (TPSA) is 96.8 Å². The lowest BCUT2D eigenvalue weighted by Gasteiger charge is -2.26. The molecule has 0 spiro atoms. The van der Waals surface area contributed by atoms with E-state index in [1.54, 1.807) is 6.07 Å². The molecule has 26 heavy (non-hydrogen) atoms. The molecule has 3 rings (SSSR count). The van der Waals surface area contributed by atoms with Gasteiger partial charge in [-0.3, -0.25) is 4.90 Å². The lowest BCUT2D eigenvalue weighted by molar-refractivity contribution is 0.0690. The van der Waals surface area contributed by atoms with Gasteiger partial charge in [-0.1, -0.05) is 30.3 Å². The van der Waals surface area contributed by atoms with Gasteiger partial charge in [-0.2, -0.15) is 0 Å². The first-order chi connectivity index (χ1) is 12.4. The monoisotopic (exact) mass is 376 g/mol. The van der Waals surface area contributed by atoms with Crippen LogP contribution >= 0.6 is 0 Å². The molecule has 7 nitrogen and oxygen atoms in total. The van der Waals surface area contributed by atoms with Gasteiger partial charge in [0.1, 0.15) is 12.4 Å². The van der Waals surface area contributed by atoms with Crippen molar-refractivity contribution in [2.75, 3.05) is 37.7 Å². The summed E-state index contributed by atoms with van der Waals surface area (Å²) in [7, 11) is -2.90. The molecule has 0 atom stereocenters. The fourth-order valence-electron chi connectivity index (χ4n) is 2.72. The first kappa shape index (κ1) is 18.3. The van der Waals surface area contributed by atoms with E-state index in [0.717, 1.165) is 5.56 Å². The third kappa shape index (κ3) is 4.80. The number of ether oxygens (including phenoxy) is 1. The smallest absolute Gasteiger partial charge is 0.354 e. The zero-order valence-corrected chi connectivity index (χ0v) is 15.0. The van der Waals surface area contributed by atoms with E-state index in [2.05, 4.69) is 4.98 Å². The number of aromatic nitrogens is 1. The Morgan fingerprint density at radius 3 is 2.50 bits per heavy atom. The lowest BCUT2D eigenvalue weighted by atomic mass is 10.1. The van der Waals surface area contributed by atoms with Gasteiger partial charge in [0.2, 0.25) is 0 Å². The standard InChI is InChI=1S/C18H20N2O5S/c21-18(22)17-13-15(12-16(19-17)14-4-2-1-3-5-14)25-9-6-20-7-10-26(23,24)11-8-20/h1-5,12-13H,6-11H2,(H,21,22). The minimum Gasteiger partial charge on any atom is -0.492 e. The molecule has 1 aliphatic heterocycles. The van der Waals surface area contributed by atoms with Crippen LogP contribution in [0.25, 0.3) is 11.3 Å². The molecule has 0 radical (unpaired) electrons. The highest BCUT2D eigenvalue weighted by atomic mass is 32.2. The molecule has 0 bridgehead atoms. The summed E-state index contributed by atoms with van der Waals surface area (Å²) < 4.78 is 28.6. The molecule has 0 amide bonds. The van der Waals surface area contributed by atoms with Crippen LogP contribution < -0.4 is 4.74 Å². The van der Waals surface area contributed by atoms with E-state index in [-0.39, 0.29) is 17.2 Å². The van der Waals surface area contributed by atoms with Gasteiger partial charge in [0.25, 0.3) is 0 Å². The lowest BCUT2D eigenvalue weighted by Crippen LogP contribution is -2.42. The average molecular weight is 376 g/mol. The zero-order chi connectivity index (χ0) is 18.6. The molecule has 2 aromatic rings. The third-order valence-electron chi connectivity index (χ3n) is 4.20. The molecule has 0 unspecified atom stereocenters. The van der Waals surface area contributed by atoms with Gasteiger partial charge in [0.15, 0.2) is 15.5 Å². The van der Waals surface area contributed by atoms with Crippen LogP contribution in [0.15, 0.2) is 42.5 Å². The normalized spacial score (nSPS) is 16.9. The zero-order valence-electron chi connectivity index (χ0n) is 14.2. The van der Waals surface area contributed by atoms with Crippen LogP contribution in [0.4, 0.5) is 0 Å². The van der Waals surface area contributed by atoms with Crippen molar-refractivity contribution in [3.05, 3.63) is 48.2 Å². The minimum atomic E-state index is -2.90. The van der Waals surface area contributed by atoms with Crippen molar-refractivity contribution in [3.8, 4) is 17.0 Å². The second-order valence-electron chi connectivity index (χ2n) is 6.09. The maximum Gasteiger partial charge on any atom is 0.354 e. The number of hydrogen-bond acceptors (Lipinski definition) is 6. The van der Waals surface area contributed by atoms with E-state index in [1.807, 2.05) is 35.2 Å². The number of nitrogens with zero attached hydrogens (tertiary/aromatic N) is 2. The summed E-state index contributed by atoms with van der Waals surface area (Å²) in [6, 6.07) is 12.4. The Morgan fingerprint density at radius 2 is 1.85 bits per heavy atom. The maximum absolute atomic E-state index is 11.4. The molecule has 138 valence electrons. The van der Waals surface area contributed by atoms with Crippen LogP contribution in [0, 0.1) is 0 Å². The van der Waals surface area contributed by atoms with Crippen molar-refractivity contribution < 1.29 is 23.1 Å². The number of carboxylic acids is 1. The summed E-state index contributed by atoms with van der Waals surface area (Å²) in [5, 5.41) is 9.28. The van der Waals surface area contributed by atoms with Crippen molar-refractivity contribution in [2.24, 2.45) is 0 Å². The van der Waals surface area contributed by atoms with E-state index in [9.17, 15) is 18.3 Å². The highest BCUT2D eigenvalue weighted by Crippen LogP contribution is 2.23. The van der Waals surface area contributed by atoms with Crippen LogP contribution in [0.5, 0.6) is 5.75 Å². The predicted molar refractivity (Wildman–Crippen MR) is 97.2 cm³/mol. The highest BCUT2D eigenvalue weighted by molar-refractivity contribution is 7.91. The molecule has 1 N–H and O–H groups in total. The van der Waals surface area contributed by atoms with Gasteiger partial charge in [-0.15, -0.1) is 0 Å². The highest BCUT2D eigenvalue weighted by Gasteiger charge is 2.21. The second-order valence-corrected chi connectivity index (χ2v) is 8.39. The Morgan fingerprint density at radius 1 is 1.15 bits per heavy atom. The molecule has 1 aromatic carbocycles. The van der Waals surface area contributed by atoms with Gasteiger partial charge in [-0.05, 0) is 0 Å². The van der Waals surface area contributed by atoms with E-state index in [4.69, 9.17) is 4.74 Å². The summed E-state index contributed by atoms with van der Waals surface area (Å²) >= 11 is 0. The first-order valence-electron chi connectivity index (χ1n) is 8.29. The Balaban J connectivity index is 1.67. The van der Waals surface area contributed by atoms with E-state index < -0.39 is 15.8 Å². The number of aromatic carboxylic acids is 1. The number of carbonyl (C=O) groups is 1. The van der Waals surface area contributed by atoms with Crippen molar-refractivity contribution in [1.29, 1.82) is 0 Å². The van der Waals surface area contributed by atoms with Gasteiger partial charge < -0.3 is 9.84 Å². The quantitative estimate of drug-likeness (QED) is 0.817. The largest absolute Gasteiger partial charge is 0.492 e. The van der Waals surface area contributed by atoms with Crippen LogP contribution in [0.3, 0.4) is 0 Å². The van der Waals surface area contributed by atoms with E-state index in [0.29, 0.717) is 37.7 Å². The van der Waals surface area contributed by atoms with Gasteiger partial charge in [0, 0.05) is 37.3 Å². The summed E-state index contributed by atoms with van der Waals surface area (Å²) in [6.07, 6.45) is 0. The molecule has 0 saturated carbocycles. The van der Waals surface area contributed by atoms with Crippen LogP contribution in [-0.2, 0) is 9.84 Å². The first-order valence-corrected chi connectivity index (χ1v) is 10.1.